The molecule has 0 aromatic rings. The van der Waals surface area contributed by atoms with Gasteiger partial charge in [0.1, 0.15) is 48.8 Å². The van der Waals surface area contributed by atoms with Gasteiger partial charge in [0.15, 0.2) is 12.6 Å². The van der Waals surface area contributed by atoms with Crippen LogP contribution >= 0.6 is 0 Å². The Morgan fingerprint density at radius 1 is 0.393 bits per heavy atom. The molecular formula is C75H145NO13. The zero-order valence-corrected chi connectivity index (χ0v) is 57.7. The predicted molar refractivity (Wildman–Crippen MR) is 365 cm³/mol. The van der Waals surface area contributed by atoms with Crippen LogP contribution in [0.2, 0.25) is 0 Å². The number of aliphatic hydroxyl groups excluding tert-OH is 8. The molecule has 14 heteroatoms. The summed E-state index contributed by atoms with van der Waals surface area (Å²) in [6, 6.07) is -0.912. The first-order valence-corrected chi connectivity index (χ1v) is 38.4. The van der Waals surface area contributed by atoms with Gasteiger partial charge in [0.2, 0.25) is 5.91 Å². The first-order chi connectivity index (χ1) is 43.6. The summed E-state index contributed by atoms with van der Waals surface area (Å²) in [5.41, 5.74) is 0. The Hall–Kier alpha value is -1.27. The lowest BCUT2D eigenvalue weighted by Crippen LogP contribution is -2.65. The number of hydrogen-bond acceptors (Lipinski definition) is 13. The highest BCUT2D eigenvalue weighted by atomic mass is 16.7. The molecule has 0 spiro atoms. The molecule has 0 radical (unpaired) electrons. The molecular weight excluding hydrogens is 1120 g/mol. The predicted octanol–water partition coefficient (Wildman–Crippen LogP) is 16.5. The van der Waals surface area contributed by atoms with Gasteiger partial charge in [0.05, 0.1) is 32.0 Å². The second kappa shape index (κ2) is 60.4. The molecule has 0 aliphatic carbocycles. The number of rotatable bonds is 65. The molecule has 2 fully saturated rings. The summed E-state index contributed by atoms with van der Waals surface area (Å²) in [6.45, 7) is 2.88. The van der Waals surface area contributed by atoms with Gasteiger partial charge in [-0.25, -0.2) is 0 Å². The van der Waals surface area contributed by atoms with E-state index in [9.17, 15) is 45.6 Å². The van der Waals surface area contributed by atoms with Crippen LogP contribution in [0.15, 0.2) is 12.2 Å². The third kappa shape index (κ3) is 44.2. The number of nitrogens with one attached hydrogen (secondary N) is 1. The number of unbranched alkanes of at least 4 members (excludes halogenated alkanes) is 52. The lowest BCUT2D eigenvalue weighted by Gasteiger charge is -2.46. The van der Waals surface area contributed by atoms with Gasteiger partial charge in [-0.2, -0.15) is 0 Å². The summed E-state index contributed by atoms with van der Waals surface area (Å²) >= 11 is 0. The lowest BCUT2D eigenvalue weighted by atomic mass is 9.97. The fourth-order valence-electron chi connectivity index (χ4n) is 13.1. The van der Waals surface area contributed by atoms with Crippen LogP contribution in [0.5, 0.6) is 0 Å². The van der Waals surface area contributed by atoms with Crippen molar-refractivity contribution in [3.05, 3.63) is 12.2 Å². The smallest absolute Gasteiger partial charge is 0.220 e. The minimum atomic E-state index is -1.79. The first-order valence-electron chi connectivity index (χ1n) is 38.4. The lowest BCUT2D eigenvalue weighted by molar-refractivity contribution is -0.359. The summed E-state index contributed by atoms with van der Waals surface area (Å²) in [5.74, 6) is -0.229. The SMILES string of the molecule is CCCCCCCCCCCCCCCCCCCCCCCCCCCC/C=C/C(O)C(COC1OC(CO)C(OC2OC(CO)C(O)C(O)C2O)C(O)C1O)NC(=O)CCCCCCCCCCCCCCCCCCCCCCCCCCCCC. The van der Waals surface area contributed by atoms with Crippen molar-refractivity contribution in [1.82, 2.24) is 5.32 Å². The Kier molecular flexibility index (Phi) is 56.9. The van der Waals surface area contributed by atoms with Crippen LogP contribution in [0.25, 0.3) is 0 Å². The number of allylic oxidation sites excluding steroid dienone is 1. The normalized spacial score (nSPS) is 23.0. The third-order valence-electron chi connectivity index (χ3n) is 19.2. The minimum absolute atomic E-state index is 0.229. The second-order valence-corrected chi connectivity index (χ2v) is 27.5. The zero-order chi connectivity index (χ0) is 64.5. The summed E-state index contributed by atoms with van der Waals surface area (Å²) in [6.07, 6.45) is 58.6. The Labute approximate surface area is 546 Å². The highest BCUT2D eigenvalue weighted by molar-refractivity contribution is 5.76. The van der Waals surface area contributed by atoms with Gasteiger partial charge in [-0.15, -0.1) is 0 Å². The van der Waals surface area contributed by atoms with E-state index in [2.05, 4.69) is 19.2 Å². The number of aliphatic hydroxyl groups is 8. The molecule has 2 aliphatic heterocycles. The molecule has 89 heavy (non-hydrogen) atoms. The monoisotopic (exact) mass is 1270 g/mol. The largest absolute Gasteiger partial charge is 0.394 e. The fraction of sp³-hybridized carbons (Fsp3) is 0.960. The number of carbonyl (C=O) groups is 1. The molecule has 0 bridgehead atoms. The average Bonchev–Trinajstić information content (AvgIpc) is 2.82. The van der Waals surface area contributed by atoms with Gasteiger partial charge in [-0.05, 0) is 19.3 Å². The highest BCUT2D eigenvalue weighted by Gasteiger charge is 2.51. The molecule has 0 saturated carbocycles. The molecule has 9 N–H and O–H groups in total. The van der Waals surface area contributed by atoms with E-state index >= 15 is 0 Å². The molecule has 2 rings (SSSR count). The average molecular weight is 1270 g/mol. The topological polar surface area (TPSA) is 228 Å². The quantitative estimate of drug-likeness (QED) is 0.0204. The van der Waals surface area contributed by atoms with Crippen molar-refractivity contribution in [2.24, 2.45) is 0 Å². The first kappa shape index (κ1) is 83.8. The van der Waals surface area contributed by atoms with Crippen LogP contribution in [0.1, 0.15) is 367 Å². The third-order valence-corrected chi connectivity index (χ3v) is 19.2. The summed E-state index contributed by atoms with van der Waals surface area (Å²) in [7, 11) is 0. The van der Waals surface area contributed by atoms with Crippen LogP contribution in [-0.2, 0) is 23.7 Å². The van der Waals surface area contributed by atoms with Crippen LogP contribution in [0.4, 0.5) is 0 Å². The summed E-state index contributed by atoms with van der Waals surface area (Å²) < 4.78 is 22.9. The van der Waals surface area contributed by atoms with E-state index in [0.29, 0.717) is 0 Å². The van der Waals surface area contributed by atoms with Gasteiger partial charge in [0.25, 0.3) is 0 Å². The summed E-state index contributed by atoms with van der Waals surface area (Å²) in [5, 5.41) is 87.6. The molecule has 12 unspecified atom stereocenters. The van der Waals surface area contributed by atoms with Crippen LogP contribution in [-0.4, -0.2) is 140 Å². The maximum absolute atomic E-state index is 13.4. The number of amides is 1. The molecule has 528 valence electrons. The zero-order valence-electron chi connectivity index (χ0n) is 57.7. The van der Waals surface area contributed by atoms with Crippen molar-refractivity contribution in [2.75, 3.05) is 19.8 Å². The van der Waals surface area contributed by atoms with Gasteiger partial charge < -0.3 is 65.1 Å². The Balaban J connectivity index is 1.64. The number of carbonyl (C=O) groups excluding carboxylic acids is 1. The minimum Gasteiger partial charge on any atom is -0.394 e. The van der Waals surface area contributed by atoms with Gasteiger partial charge >= 0.3 is 0 Å². The van der Waals surface area contributed by atoms with E-state index in [-0.39, 0.29) is 18.9 Å². The van der Waals surface area contributed by atoms with E-state index in [1.165, 1.54) is 302 Å². The van der Waals surface area contributed by atoms with Crippen molar-refractivity contribution in [3.63, 3.8) is 0 Å². The molecule has 2 saturated heterocycles. The molecule has 0 aromatic heterocycles. The highest BCUT2D eigenvalue weighted by Crippen LogP contribution is 2.30. The molecule has 12 atom stereocenters. The van der Waals surface area contributed by atoms with Crippen molar-refractivity contribution in [1.29, 1.82) is 0 Å². The number of ether oxygens (including phenoxy) is 4. The maximum Gasteiger partial charge on any atom is 0.220 e. The van der Waals surface area contributed by atoms with Gasteiger partial charge in [-0.1, -0.05) is 353 Å². The van der Waals surface area contributed by atoms with Gasteiger partial charge in [-0.3, -0.25) is 4.79 Å². The molecule has 0 aromatic carbocycles. The van der Waals surface area contributed by atoms with Crippen LogP contribution in [0.3, 0.4) is 0 Å². The number of hydrogen-bond donors (Lipinski definition) is 9. The van der Waals surface area contributed by atoms with Gasteiger partial charge in [0, 0.05) is 6.42 Å². The fourth-order valence-corrected chi connectivity index (χ4v) is 13.1. The molecule has 14 nitrogen and oxygen atoms in total. The van der Waals surface area contributed by atoms with Crippen molar-refractivity contribution >= 4 is 5.91 Å². The van der Waals surface area contributed by atoms with Crippen molar-refractivity contribution < 1.29 is 64.6 Å². The molecule has 2 heterocycles. The van der Waals surface area contributed by atoms with Crippen molar-refractivity contribution in [2.45, 2.75) is 441 Å². The van der Waals surface area contributed by atoms with E-state index in [4.69, 9.17) is 18.9 Å². The molecule has 2 aliphatic rings. The van der Waals surface area contributed by atoms with E-state index < -0.39 is 86.8 Å². The van der Waals surface area contributed by atoms with Crippen LogP contribution < -0.4 is 5.32 Å². The maximum atomic E-state index is 13.4. The van der Waals surface area contributed by atoms with E-state index in [0.717, 1.165) is 44.9 Å². The Morgan fingerprint density at radius 3 is 1.03 bits per heavy atom. The second-order valence-electron chi connectivity index (χ2n) is 27.5. The Bertz CT molecular complexity index is 1540. The molecule has 1 amide bonds. The Morgan fingerprint density at radius 2 is 0.697 bits per heavy atom. The van der Waals surface area contributed by atoms with E-state index in [1.807, 2.05) is 6.08 Å². The van der Waals surface area contributed by atoms with Crippen molar-refractivity contribution in [3.8, 4) is 0 Å². The standard InChI is InChI=1S/C75H145NO13/c1-3-5-7-9-11-13-15-17-19-21-23-25-27-29-31-33-34-36-38-40-42-44-46-48-50-52-54-56-58-64(79)63(62-86-74-72(85)70(83)73(66(61-78)88-74)89-75-71(84)69(82)68(81)65(60-77)87-75)76-67(80)59-57-55-53-51-49-47-45-43-41-39-37-35-32-30-28-26-24-22-20-18-16-14-12-10-8-6-4-2/h56,58,63-66,68-75,77-79,81-85H,3-55,57,59-62H2,1-2H3,(H,76,80)/b58-56+. The summed E-state index contributed by atoms with van der Waals surface area (Å²) in [4.78, 5) is 13.4. The van der Waals surface area contributed by atoms with E-state index in [1.54, 1.807) is 6.08 Å². The van der Waals surface area contributed by atoms with Crippen LogP contribution in [0, 0.1) is 0 Å².